The Labute approximate surface area is 159 Å². The van der Waals surface area contributed by atoms with E-state index >= 15 is 0 Å². The van der Waals surface area contributed by atoms with Gasteiger partial charge in [-0.25, -0.2) is 8.78 Å². The van der Waals surface area contributed by atoms with Crippen molar-refractivity contribution in [2.24, 2.45) is 0 Å². The zero-order valence-corrected chi connectivity index (χ0v) is 15.6. The van der Waals surface area contributed by atoms with Gasteiger partial charge >= 0.3 is 0 Å². The highest BCUT2D eigenvalue weighted by Crippen LogP contribution is 2.27. The van der Waals surface area contributed by atoms with Gasteiger partial charge in [0, 0.05) is 6.07 Å². The second-order valence-electron chi connectivity index (χ2n) is 5.98. The zero-order valence-electron chi connectivity index (χ0n) is 14.8. The normalized spacial score (nSPS) is 13.2. The molecule has 0 spiro atoms. The summed E-state index contributed by atoms with van der Waals surface area (Å²) in [7, 11) is 0. The minimum Gasteiger partial charge on any atom is -0.323 e. The molecule has 0 aliphatic rings. The van der Waals surface area contributed by atoms with Crippen LogP contribution in [0.1, 0.15) is 25.5 Å². The molecular weight excluding hydrogens is 370 g/mol. The molecule has 0 bridgehead atoms. The highest BCUT2D eigenvalue weighted by Gasteiger charge is 2.21. The van der Waals surface area contributed by atoms with E-state index in [2.05, 4.69) is 15.5 Å². The molecular formula is C19H18F2N4OS. The van der Waals surface area contributed by atoms with Crippen molar-refractivity contribution < 1.29 is 13.6 Å². The predicted octanol–water partition coefficient (Wildman–Crippen LogP) is 4.28. The third-order valence-corrected chi connectivity index (χ3v) is 5.15. The van der Waals surface area contributed by atoms with E-state index in [0.29, 0.717) is 5.16 Å². The van der Waals surface area contributed by atoms with Crippen LogP contribution in [0.25, 0.3) is 0 Å². The van der Waals surface area contributed by atoms with Crippen LogP contribution in [0.2, 0.25) is 0 Å². The summed E-state index contributed by atoms with van der Waals surface area (Å²) >= 11 is 1.20. The second kappa shape index (κ2) is 8.30. The fourth-order valence-corrected chi connectivity index (χ4v) is 3.42. The van der Waals surface area contributed by atoms with E-state index in [1.54, 1.807) is 13.3 Å². The van der Waals surface area contributed by atoms with Gasteiger partial charge in [0.05, 0.1) is 17.0 Å². The first-order valence-corrected chi connectivity index (χ1v) is 9.20. The Morgan fingerprint density at radius 2 is 1.89 bits per heavy atom. The summed E-state index contributed by atoms with van der Waals surface area (Å²) in [5.41, 5.74) is 0.893. The number of benzene rings is 2. The van der Waals surface area contributed by atoms with Crippen molar-refractivity contribution in [3.8, 4) is 0 Å². The number of anilines is 1. The third kappa shape index (κ3) is 4.51. The molecule has 0 saturated carbocycles. The van der Waals surface area contributed by atoms with Crippen molar-refractivity contribution >= 4 is 23.4 Å². The minimum absolute atomic E-state index is 0.0142. The standard InChI is InChI=1S/C19H18F2N4OS/c1-12(14-6-4-3-5-7-14)25-11-22-24-19(25)27-13(2)18(26)23-17-10-15(20)8-9-16(17)21/h3-13H,1-2H3,(H,23,26)/t12-,13+/m1/s1. The van der Waals surface area contributed by atoms with Gasteiger partial charge in [-0.3, -0.25) is 4.79 Å². The lowest BCUT2D eigenvalue weighted by atomic mass is 10.1. The highest BCUT2D eigenvalue weighted by molar-refractivity contribution is 8.00. The van der Waals surface area contributed by atoms with Crippen LogP contribution in [0.3, 0.4) is 0 Å². The maximum atomic E-state index is 13.7. The Bertz CT molecular complexity index is 932. The number of carbonyl (C=O) groups is 1. The molecule has 0 unspecified atom stereocenters. The number of nitrogens with one attached hydrogen (secondary N) is 1. The summed E-state index contributed by atoms with van der Waals surface area (Å²) in [5, 5.41) is 10.4. The van der Waals surface area contributed by atoms with Crippen LogP contribution >= 0.6 is 11.8 Å². The minimum atomic E-state index is -0.692. The van der Waals surface area contributed by atoms with Crippen molar-refractivity contribution in [2.75, 3.05) is 5.32 Å². The molecule has 3 rings (SSSR count). The van der Waals surface area contributed by atoms with Crippen LogP contribution in [-0.2, 0) is 4.79 Å². The first-order chi connectivity index (χ1) is 13.0. The molecule has 3 aromatic rings. The molecule has 0 saturated heterocycles. The van der Waals surface area contributed by atoms with Gasteiger partial charge in [-0.05, 0) is 31.5 Å². The molecule has 1 amide bonds. The van der Waals surface area contributed by atoms with E-state index in [-0.39, 0.29) is 11.7 Å². The van der Waals surface area contributed by atoms with Gasteiger partial charge in [0.25, 0.3) is 0 Å². The molecule has 2 aromatic carbocycles. The molecule has 5 nitrogen and oxygen atoms in total. The molecule has 0 aliphatic carbocycles. The lowest BCUT2D eigenvalue weighted by molar-refractivity contribution is -0.115. The fourth-order valence-electron chi connectivity index (χ4n) is 2.51. The van der Waals surface area contributed by atoms with Gasteiger partial charge < -0.3 is 9.88 Å². The van der Waals surface area contributed by atoms with Gasteiger partial charge in [-0.2, -0.15) is 0 Å². The third-order valence-electron chi connectivity index (χ3n) is 4.08. The van der Waals surface area contributed by atoms with Crippen molar-refractivity contribution in [3.63, 3.8) is 0 Å². The van der Waals surface area contributed by atoms with Crippen LogP contribution in [0.4, 0.5) is 14.5 Å². The Morgan fingerprint density at radius 3 is 2.63 bits per heavy atom. The van der Waals surface area contributed by atoms with Crippen LogP contribution in [0.5, 0.6) is 0 Å². The maximum Gasteiger partial charge on any atom is 0.237 e. The number of hydrogen-bond donors (Lipinski definition) is 1. The number of nitrogens with zero attached hydrogens (tertiary/aromatic N) is 3. The maximum absolute atomic E-state index is 13.7. The van der Waals surface area contributed by atoms with E-state index in [1.165, 1.54) is 11.8 Å². The molecule has 140 valence electrons. The number of carbonyl (C=O) groups excluding carboxylic acids is 1. The molecule has 0 aliphatic heterocycles. The molecule has 8 heteroatoms. The Morgan fingerprint density at radius 1 is 1.15 bits per heavy atom. The number of amides is 1. The van der Waals surface area contributed by atoms with E-state index in [4.69, 9.17) is 0 Å². The van der Waals surface area contributed by atoms with Crippen LogP contribution in [0, 0.1) is 11.6 Å². The lowest BCUT2D eigenvalue weighted by Gasteiger charge is -2.17. The summed E-state index contributed by atoms with van der Waals surface area (Å²) in [6.07, 6.45) is 1.61. The van der Waals surface area contributed by atoms with Gasteiger partial charge in [-0.1, -0.05) is 42.1 Å². The lowest BCUT2D eigenvalue weighted by Crippen LogP contribution is -2.23. The van der Waals surface area contributed by atoms with Crippen molar-refractivity contribution in [1.29, 1.82) is 0 Å². The van der Waals surface area contributed by atoms with Crippen LogP contribution in [-0.4, -0.2) is 25.9 Å². The van der Waals surface area contributed by atoms with Crippen LogP contribution < -0.4 is 5.32 Å². The van der Waals surface area contributed by atoms with Gasteiger partial charge in [0.15, 0.2) is 5.16 Å². The van der Waals surface area contributed by atoms with E-state index in [0.717, 1.165) is 23.8 Å². The van der Waals surface area contributed by atoms with Gasteiger partial charge in [0.1, 0.15) is 18.0 Å². The largest absolute Gasteiger partial charge is 0.323 e. The van der Waals surface area contributed by atoms with Crippen molar-refractivity contribution in [1.82, 2.24) is 14.8 Å². The molecule has 1 aromatic heterocycles. The van der Waals surface area contributed by atoms with Gasteiger partial charge in [0.2, 0.25) is 5.91 Å². The molecule has 1 N–H and O–H groups in total. The van der Waals surface area contributed by atoms with E-state index in [9.17, 15) is 13.6 Å². The van der Waals surface area contributed by atoms with Crippen molar-refractivity contribution in [3.05, 3.63) is 72.1 Å². The summed E-state index contributed by atoms with van der Waals surface area (Å²) in [5.74, 6) is -1.77. The predicted molar refractivity (Wildman–Crippen MR) is 101 cm³/mol. The summed E-state index contributed by atoms with van der Waals surface area (Å²) in [6, 6.07) is 12.8. The van der Waals surface area contributed by atoms with Crippen molar-refractivity contribution in [2.45, 2.75) is 30.3 Å². The molecule has 2 atom stereocenters. The SMILES string of the molecule is C[C@H](Sc1nncn1[C@H](C)c1ccccc1)C(=O)Nc1cc(F)ccc1F. The summed E-state index contributed by atoms with van der Waals surface area (Å²) < 4.78 is 28.8. The first-order valence-electron chi connectivity index (χ1n) is 8.32. The molecule has 0 fully saturated rings. The number of hydrogen-bond acceptors (Lipinski definition) is 4. The smallest absolute Gasteiger partial charge is 0.237 e. The number of aromatic nitrogens is 3. The second-order valence-corrected chi connectivity index (χ2v) is 7.29. The highest BCUT2D eigenvalue weighted by atomic mass is 32.2. The number of thioether (sulfide) groups is 1. The Kier molecular flexibility index (Phi) is 5.85. The topological polar surface area (TPSA) is 59.8 Å². The van der Waals surface area contributed by atoms with Crippen LogP contribution in [0.15, 0.2) is 60.0 Å². The number of rotatable bonds is 6. The summed E-state index contributed by atoms with van der Waals surface area (Å²) in [4.78, 5) is 12.4. The molecule has 27 heavy (non-hydrogen) atoms. The average Bonchev–Trinajstić information content (AvgIpc) is 3.12. The Balaban J connectivity index is 1.71. The average molecular weight is 388 g/mol. The quantitative estimate of drug-likeness (QED) is 0.640. The van der Waals surface area contributed by atoms with Gasteiger partial charge in [-0.15, -0.1) is 10.2 Å². The molecule has 0 radical (unpaired) electrons. The zero-order chi connectivity index (χ0) is 19.4. The first kappa shape index (κ1) is 19.0. The monoisotopic (exact) mass is 388 g/mol. The molecule has 1 heterocycles. The van der Waals surface area contributed by atoms with E-state index in [1.807, 2.05) is 41.8 Å². The summed E-state index contributed by atoms with van der Waals surface area (Å²) in [6.45, 7) is 3.68. The van der Waals surface area contributed by atoms with E-state index < -0.39 is 22.8 Å². The Hall–Kier alpha value is -2.74. The number of halogens is 2. The fraction of sp³-hybridized carbons (Fsp3) is 0.211.